The molecule has 0 bridgehead atoms. The summed E-state index contributed by atoms with van der Waals surface area (Å²) in [4.78, 5) is 15.3. The van der Waals surface area contributed by atoms with E-state index < -0.39 is 36.3 Å². The van der Waals surface area contributed by atoms with Gasteiger partial charge >= 0.3 is 12.4 Å². The molecular weight excluding hydrogens is 426 g/mol. The first kappa shape index (κ1) is 22.9. The first-order valence-corrected chi connectivity index (χ1v) is 8.87. The van der Waals surface area contributed by atoms with Gasteiger partial charge in [-0.15, -0.1) is 0 Å². The maximum atomic E-state index is 13.1. The lowest BCUT2D eigenvalue weighted by molar-refractivity contribution is -0.143. The van der Waals surface area contributed by atoms with Crippen molar-refractivity contribution in [3.8, 4) is 11.5 Å². The molecule has 0 aromatic carbocycles. The molecule has 0 aliphatic heterocycles. The molecule has 2 aromatic rings. The molecule has 2 heterocycles. The smallest absolute Gasteiger partial charge is 0.342 e. The summed E-state index contributed by atoms with van der Waals surface area (Å²) < 4.78 is 78.5. The Morgan fingerprint density at radius 2 is 1.31 bits per heavy atom. The van der Waals surface area contributed by atoms with Crippen molar-refractivity contribution in [3.63, 3.8) is 0 Å². The Labute approximate surface area is 167 Å². The van der Waals surface area contributed by atoms with Gasteiger partial charge in [-0.1, -0.05) is 31.5 Å². The molecule has 2 rings (SSSR count). The molecule has 2 atom stereocenters. The Bertz CT molecular complexity index is 786. The monoisotopic (exact) mass is 442 g/mol. The van der Waals surface area contributed by atoms with Crippen molar-refractivity contribution >= 4 is 23.5 Å². The summed E-state index contributed by atoms with van der Waals surface area (Å²) in [5.74, 6) is -1.32. The van der Waals surface area contributed by atoms with Crippen molar-refractivity contribution < 1.29 is 26.3 Å². The topological polar surface area (TPSA) is 75.6 Å². The van der Waals surface area contributed by atoms with Crippen LogP contribution < -0.4 is 10.6 Å². The Hall–Kier alpha value is -2.37. The minimum Gasteiger partial charge on any atom is -0.342 e. The largest absolute Gasteiger partial charge is 0.408 e. The van der Waals surface area contributed by atoms with Crippen LogP contribution in [-0.4, -0.2) is 44.4 Å². The normalized spacial score (nSPS) is 14.4. The molecule has 0 aliphatic carbocycles. The highest BCUT2D eigenvalue weighted by Gasteiger charge is 2.40. The second kappa shape index (κ2) is 8.97. The molecule has 160 valence electrons. The number of hydrogen-bond acceptors (Lipinski definition) is 6. The molecule has 2 N–H and O–H groups in total. The molecule has 0 saturated heterocycles. The number of nitrogens with one attached hydrogen (secondary N) is 2. The molecule has 1 unspecified atom stereocenters. The Morgan fingerprint density at radius 3 is 1.69 bits per heavy atom. The molecule has 0 aliphatic rings. The van der Waals surface area contributed by atoms with Crippen LogP contribution in [0.3, 0.4) is 0 Å². The van der Waals surface area contributed by atoms with Crippen molar-refractivity contribution in [1.29, 1.82) is 0 Å². The van der Waals surface area contributed by atoms with Gasteiger partial charge in [0.05, 0.1) is 0 Å². The van der Waals surface area contributed by atoms with E-state index in [2.05, 4.69) is 30.6 Å². The minimum absolute atomic E-state index is 0.0513. The average molecular weight is 443 g/mol. The molecule has 0 saturated carbocycles. The van der Waals surface area contributed by atoms with Gasteiger partial charge in [-0.05, 0) is 25.0 Å². The standard InChI is InChI=1S/C16H17ClF6N6/c1-3-9(15(18,19)20)25-13-27-12(8-6-5-7-11(17)24-8)28-14(29-13)26-10(4-2)16(21,22)23/h5-7,9-10H,3-4H2,1-2H3,(H2,25,26,27,28,29)/t9-,10?/m1/s1. The van der Waals surface area contributed by atoms with E-state index in [1.165, 1.54) is 32.0 Å². The molecule has 29 heavy (non-hydrogen) atoms. The van der Waals surface area contributed by atoms with Crippen LogP contribution >= 0.6 is 11.6 Å². The number of nitrogens with zero attached hydrogens (tertiary/aromatic N) is 4. The second-order valence-electron chi connectivity index (χ2n) is 5.95. The van der Waals surface area contributed by atoms with E-state index in [1.807, 2.05) is 0 Å². The number of halogens is 7. The number of alkyl halides is 6. The van der Waals surface area contributed by atoms with E-state index in [0.717, 1.165) is 0 Å². The summed E-state index contributed by atoms with van der Waals surface area (Å²) in [6, 6.07) is 0.351. The van der Waals surface area contributed by atoms with Gasteiger partial charge in [0, 0.05) is 0 Å². The Kier molecular flexibility index (Phi) is 7.09. The predicted octanol–water partition coefficient (Wildman–Crippen LogP) is 5.09. The van der Waals surface area contributed by atoms with Gasteiger partial charge < -0.3 is 10.6 Å². The van der Waals surface area contributed by atoms with Crippen LogP contribution in [0.15, 0.2) is 18.2 Å². The molecule has 0 amide bonds. The minimum atomic E-state index is -4.61. The molecular formula is C16H17ClF6N6. The van der Waals surface area contributed by atoms with Crippen LogP contribution in [0.1, 0.15) is 26.7 Å². The average Bonchev–Trinajstić information content (AvgIpc) is 2.62. The van der Waals surface area contributed by atoms with Crippen LogP contribution in [0, 0.1) is 0 Å². The van der Waals surface area contributed by atoms with E-state index >= 15 is 0 Å². The third kappa shape index (κ3) is 6.31. The fraction of sp³-hybridized carbons (Fsp3) is 0.500. The van der Waals surface area contributed by atoms with Gasteiger partial charge in [-0.25, -0.2) is 4.98 Å². The lowest BCUT2D eigenvalue weighted by Gasteiger charge is -2.22. The number of rotatable bonds is 7. The van der Waals surface area contributed by atoms with E-state index in [9.17, 15) is 26.3 Å². The maximum Gasteiger partial charge on any atom is 0.408 e. The van der Waals surface area contributed by atoms with Crippen LogP contribution in [0.5, 0.6) is 0 Å². The fourth-order valence-corrected chi connectivity index (χ4v) is 2.46. The van der Waals surface area contributed by atoms with Crippen molar-refractivity contribution in [2.75, 3.05) is 10.6 Å². The summed E-state index contributed by atoms with van der Waals surface area (Å²) in [6.45, 7) is 2.59. The molecule has 0 spiro atoms. The second-order valence-corrected chi connectivity index (χ2v) is 6.33. The number of aromatic nitrogens is 4. The predicted molar refractivity (Wildman–Crippen MR) is 95.6 cm³/mol. The van der Waals surface area contributed by atoms with E-state index in [1.54, 1.807) is 0 Å². The van der Waals surface area contributed by atoms with Gasteiger partial charge in [0.1, 0.15) is 22.9 Å². The van der Waals surface area contributed by atoms with E-state index in [0.29, 0.717) is 0 Å². The van der Waals surface area contributed by atoms with Crippen LogP contribution in [0.2, 0.25) is 5.15 Å². The van der Waals surface area contributed by atoms with Gasteiger partial charge in [0.15, 0.2) is 5.82 Å². The third-order valence-corrected chi connectivity index (χ3v) is 4.00. The van der Waals surface area contributed by atoms with E-state index in [4.69, 9.17) is 11.6 Å². The summed E-state index contributed by atoms with van der Waals surface area (Å²) in [7, 11) is 0. The van der Waals surface area contributed by atoms with Crippen LogP contribution in [0.25, 0.3) is 11.5 Å². The first-order chi connectivity index (χ1) is 13.4. The lowest BCUT2D eigenvalue weighted by Crippen LogP contribution is -2.37. The zero-order chi connectivity index (χ0) is 21.8. The molecule has 13 heteroatoms. The highest BCUT2D eigenvalue weighted by atomic mass is 35.5. The molecule has 0 radical (unpaired) electrons. The van der Waals surface area contributed by atoms with Gasteiger partial charge in [0.2, 0.25) is 11.9 Å². The summed E-state index contributed by atoms with van der Waals surface area (Å²) in [6.07, 6.45) is -9.91. The maximum absolute atomic E-state index is 13.1. The van der Waals surface area contributed by atoms with Crippen molar-refractivity contribution in [2.24, 2.45) is 0 Å². The molecule has 0 fully saturated rings. The van der Waals surface area contributed by atoms with Crippen molar-refractivity contribution in [2.45, 2.75) is 51.1 Å². The Morgan fingerprint density at radius 1 is 0.828 bits per heavy atom. The van der Waals surface area contributed by atoms with Crippen molar-refractivity contribution in [1.82, 2.24) is 19.9 Å². The highest BCUT2D eigenvalue weighted by molar-refractivity contribution is 6.29. The number of pyridine rings is 1. The van der Waals surface area contributed by atoms with Crippen LogP contribution in [0.4, 0.5) is 38.2 Å². The number of hydrogen-bond donors (Lipinski definition) is 2. The highest BCUT2D eigenvalue weighted by Crippen LogP contribution is 2.28. The quantitative estimate of drug-likeness (QED) is 0.459. The lowest BCUT2D eigenvalue weighted by atomic mass is 10.2. The van der Waals surface area contributed by atoms with Crippen LogP contribution in [-0.2, 0) is 0 Å². The van der Waals surface area contributed by atoms with Gasteiger partial charge in [0.25, 0.3) is 0 Å². The fourth-order valence-electron chi connectivity index (χ4n) is 2.29. The van der Waals surface area contributed by atoms with Gasteiger partial charge in [-0.3, -0.25) is 0 Å². The third-order valence-electron chi connectivity index (χ3n) is 3.79. The number of anilines is 2. The zero-order valence-electron chi connectivity index (χ0n) is 15.2. The zero-order valence-corrected chi connectivity index (χ0v) is 16.0. The Balaban J connectivity index is 2.48. The molecule has 6 nitrogen and oxygen atoms in total. The molecule has 2 aromatic heterocycles. The van der Waals surface area contributed by atoms with Crippen molar-refractivity contribution in [3.05, 3.63) is 23.4 Å². The summed E-state index contributed by atoms with van der Waals surface area (Å²) in [5.41, 5.74) is 0.0612. The van der Waals surface area contributed by atoms with Gasteiger partial charge in [-0.2, -0.15) is 41.3 Å². The summed E-state index contributed by atoms with van der Waals surface area (Å²) >= 11 is 5.80. The summed E-state index contributed by atoms with van der Waals surface area (Å²) in [5, 5.41) is 4.24. The van der Waals surface area contributed by atoms with E-state index in [-0.39, 0.29) is 29.5 Å². The first-order valence-electron chi connectivity index (χ1n) is 8.49. The SMILES string of the molecule is CCC(Nc1nc(N[C@H](CC)C(F)(F)F)nc(-c2cccc(Cl)n2)n1)C(F)(F)F.